The van der Waals surface area contributed by atoms with Crippen molar-refractivity contribution in [2.45, 2.75) is 85.6 Å². The van der Waals surface area contributed by atoms with Crippen LogP contribution in [0.25, 0.3) is 0 Å². The SMILES string of the molecule is CCCCOC(=O)NCN(C(=O)OCCCC)C1CC(C)CC(C)(C)C1. The molecule has 152 valence electrons. The van der Waals surface area contributed by atoms with Gasteiger partial charge in [0.1, 0.15) is 0 Å². The van der Waals surface area contributed by atoms with Crippen LogP contribution in [0.1, 0.15) is 79.6 Å². The standard InChI is InChI=1S/C20H38N2O4/c1-6-8-10-25-18(23)21-15-22(19(24)26-11-9-7-2)17-12-16(3)13-20(4,5)14-17/h16-17H,6-15H2,1-5H3,(H,21,23). The molecule has 1 fully saturated rings. The first-order valence-electron chi connectivity index (χ1n) is 10.1. The van der Waals surface area contributed by atoms with Crippen molar-refractivity contribution >= 4 is 12.2 Å². The first-order chi connectivity index (χ1) is 12.3. The summed E-state index contributed by atoms with van der Waals surface area (Å²) in [6.07, 6.45) is 5.79. The molecule has 2 unspecified atom stereocenters. The number of nitrogens with zero attached hydrogens (tertiary/aromatic N) is 1. The Kier molecular flexibility index (Phi) is 9.81. The summed E-state index contributed by atoms with van der Waals surface area (Å²) in [6, 6.07) is 0.0684. The maximum absolute atomic E-state index is 12.6. The Balaban J connectivity index is 2.69. The molecule has 6 nitrogen and oxygen atoms in total. The van der Waals surface area contributed by atoms with Crippen molar-refractivity contribution in [3.63, 3.8) is 0 Å². The highest BCUT2D eigenvalue weighted by molar-refractivity contribution is 5.70. The maximum Gasteiger partial charge on any atom is 0.411 e. The van der Waals surface area contributed by atoms with E-state index in [-0.39, 0.29) is 24.2 Å². The van der Waals surface area contributed by atoms with Crippen LogP contribution in [0.3, 0.4) is 0 Å². The van der Waals surface area contributed by atoms with E-state index in [1.54, 1.807) is 4.90 Å². The second-order valence-electron chi connectivity index (χ2n) is 8.33. The Morgan fingerprint density at radius 1 is 1.08 bits per heavy atom. The average molecular weight is 371 g/mol. The third-order valence-electron chi connectivity index (χ3n) is 4.89. The molecule has 2 amide bonds. The quantitative estimate of drug-likeness (QED) is 0.462. The molecule has 0 heterocycles. The Labute approximate surface area is 159 Å². The number of rotatable bonds is 9. The minimum absolute atomic E-state index is 0.0684. The van der Waals surface area contributed by atoms with Crippen LogP contribution in [0, 0.1) is 11.3 Å². The van der Waals surface area contributed by atoms with Gasteiger partial charge in [0, 0.05) is 6.04 Å². The van der Waals surface area contributed by atoms with Crippen LogP contribution in [0.15, 0.2) is 0 Å². The molecule has 0 bridgehead atoms. The van der Waals surface area contributed by atoms with E-state index in [9.17, 15) is 9.59 Å². The fourth-order valence-corrected chi connectivity index (χ4v) is 3.77. The van der Waals surface area contributed by atoms with Crippen molar-refractivity contribution in [1.82, 2.24) is 10.2 Å². The molecule has 1 aliphatic carbocycles. The monoisotopic (exact) mass is 370 g/mol. The van der Waals surface area contributed by atoms with Gasteiger partial charge in [-0.2, -0.15) is 0 Å². The van der Waals surface area contributed by atoms with Gasteiger partial charge in [-0.3, -0.25) is 4.90 Å². The third kappa shape index (κ3) is 8.28. The number of amides is 2. The number of alkyl carbamates (subject to hydrolysis) is 1. The van der Waals surface area contributed by atoms with E-state index in [0.717, 1.165) is 44.9 Å². The summed E-state index contributed by atoms with van der Waals surface area (Å²) in [4.78, 5) is 26.2. The fraction of sp³-hybridized carbons (Fsp3) is 0.900. The van der Waals surface area contributed by atoms with Gasteiger partial charge in [0.05, 0.1) is 19.9 Å². The Morgan fingerprint density at radius 2 is 1.69 bits per heavy atom. The fourth-order valence-electron chi connectivity index (χ4n) is 3.77. The predicted octanol–water partition coefficient (Wildman–Crippen LogP) is 4.92. The molecule has 26 heavy (non-hydrogen) atoms. The number of unbranched alkanes of at least 4 members (excludes halogenated alkanes) is 2. The number of hydrogen-bond acceptors (Lipinski definition) is 4. The van der Waals surface area contributed by atoms with Gasteiger partial charge in [0.25, 0.3) is 0 Å². The molecule has 2 atom stereocenters. The van der Waals surface area contributed by atoms with Gasteiger partial charge in [-0.1, -0.05) is 47.5 Å². The minimum Gasteiger partial charge on any atom is -0.450 e. The zero-order valence-corrected chi connectivity index (χ0v) is 17.3. The second-order valence-corrected chi connectivity index (χ2v) is 8.33. The minimum atomic E-state index is -0.479. The molecule has 0 spiro atoms. The van der Waals surface area contributed by atoms with Crippen molar-refractivity contribution in [2.75, 3.05) is 19.9 Å². The first kappa shape index (κ1) is 22.6. The van der Waals surface area contributed by atoms with E-state index >= 15 is 0 Å². The lowest BCUT2D eigenvalue weighted by atomic mass is 9.70. The summed E-state index contributed by atoms with van der Waals surface area (Å²) < 4.78 is 10.6. The lowest BCUT2D eigenvalue weighted by molar-refractivity contribution is 0.0400. The molecular formula is C20H38N2O4. The first-order valence-corrected chi connectivity index (χ1v) is 10.1. The summed E-state index contributed by atoms with van der Waals surface area (Å²) in [5, 5.41) is 2.72. The number of ether oxygens (including phenoxy) is 2. The topological polar surface area (TPSA) is 67.9 Å². The lowest BCUT2D eigenvalue weighted by Gasteiger charge is -2.43. The zero-order valence-electron chi connectivity index (χ0n) is 17.3. The van der Waals surface area contributed by atoms with Crippen LogP contribution < -0.4 is 5.32 Å². The highest BCUT2D eigenvalue weighted by Gasteiger charge is 2.37. The Hall–Kier alpha value is -1.46. The average Bonchev–Trinajstić information content (AvgIpc) is 2.53. The van der Waals surface area contributed by atoms with E-state index in [4.69, 9.17) is 9.47 Å². The van der Waals surface area contributed by atoms with Gasteiger partial charge in [0.15, 0.2) is 0 Å². The molecule has 0 aliphatic heterocycles. The van der Waals surface area contributed by atoms with Crippen LogP contribution in [0.5, 0.6) is 0 Å². The van der Waals surface area contributed by atoms with Crippen LogP contribution in [-0.2, 0) is 9.47 Å². The summed E-state index contributed by atoms with van der Waals surface area (Å²) in [7, 11) is 0. The number of carbonyl (C=O) groups is 2. The van der Waals surface area contributed by atoms with Crippen molar-refractivity contribution in [3.05, 3.63) is 0 Å². The second kappa shape index (κ2) is 11.3. The molecule has 1 N–H and O–H groups in total. The molecule has 0 radical (unpaired) electrons. The van der Waals surface area contributed by atoms with Gasteiger partial charge in [-0.15, -0.1) is 0 Å². The van der Waals surface area contributed by atoms with E-state index in [2.05, 4.69) is 33.0 Å². The van der Waals surface area contributed by atoms with Crippen LogP contribution >= 0.6 is 0 Å². The van der Waals surface area contributed by atoms with Crippen LogP contribution in [-0.4, -0.2) is 43.0 Å². The molecule has 0 aromatic rings. The molecule has 1 saturated carbocycles. The Morgan fingerprint density at radius 3 is 2.27 bits per heavy atom. The van der Waals surface area contributed by atoms with Crippen molar-refractivity contribution < 1.29 is 19.1 Å². The molecule has 6 heteroatoms. The van der Waals surface area contributed by atoms with Crippen LogP contribution in [0.2, 0.25) is 0 Å². The summed E-state index contributed by atoms with van der Waals surface area (Å²) >= 11 is 0. The summed E-state index contributed by atoms with van der Waals surface area (Å²) in [6.45, 7) is 11.7. The zero-order chi connectivity index (χ0) is 19.6. The molecule has 1 aliphatic rings. The summed E-state index contributed by atoms with van der Waals surface area (Å²) in [5.41, 5.74) is 0.173. The molecular weight excluding hydrogens is 332 g/mol. The van der Waals surface area contributed by atoms with Crippen molar-refractivity contribution in [1.29, 1.82) is 0 Å². The van der Waals surface area contributed by atoms with E-state index < -0.39 is 6.09 Å². The predicted molar refractivity (Wildman–Crippen MR) is 103 cm³/mol. The van der Waals surface area contributed by atoms with E-state index in [1.165, 1.54) is 0 Å². The third-order valence-corrected chi connectivity index (χ3v) is 4.89. The van der Waals surface area contributed by atoms with Gasteiger partial charge < -0.3 is 14.8 Å². The van der Waals surface area contributed by atoms with Crippen molar-refractivity contribution in [2.24, 2.45) is 11.3 Å². The van der Waals surface area contributed by atoms with Crippen molar-refractivity contribution in [3.8, 4) is 0 Å². The largest absolute Gasteiger partial charge is 0.450 e. The summed E-state index contributed by atoms with van der Waals surface area (Å²) in [5.74, 6) is 0.534. The number of carbonyl (C=O) groups excluding carboxylic acids is 2. The number of nitrogens with one attached hydrogen (secondary N) is 1. The smallest absolute Gasteiger partial charge is 0.411 e. The van der Waals surface area contributed by atoms with Gasteiger partial charge in [-0.25, -0.2) is 9.59 Å². The molecule has 0 saturated heterocycles. The Bertz CT molecular complexity index is 440. The van der Waals surface area contributed by atoms with E-state index in [0.29, 0.717) is 19.1 Å². The van der Waals surface area contributed by atoms with Gasteiger partial charge in [-0.05, 0) is 43.4 Å². The van der Waals surface area contributed by atoms with Gasteiger partial charge >= 0.3 is 12.2 Å². The molecule has 0 aromatic carbocycles. The normalized spacial score (nSPS) is 21.7. The van der Waals surface area contributed by atoms with E-state index in [1.807, 2.05) is 6.92 Å². The van der Waals surface area contributed by atoms with Gasteiger partial charge in [0.2, 0.25) is 0 Å². The molecule has 0 aromatic heterocycles. The highest BCUT2D eigenvalue weighted by Crippen LogP contribution is 2.40. The molecule has 1 rings (SSSR count). The number of hydrogen-bond donors (Lipinski definition) is 1. The maximum atomic E-state index is 12.6. The highest BCUT2D eigenvalue weighted by atomic mass is 16.6. The van der Waals surface area contributed by atoms with Crippen LogP contribution in [0.4, 0.5) is 9.59 Å². The lowest BCUT2D eigenvalue weighted by Crippen LogP contribution is -2.51.